The molecule has 24 heavy (non-hydrogen) atoms. The molecule has 1 aliphatic rings. The van der Waals surface area contributed by atoms with Gasteiger partial charge in [0.05, 0.1) is 6.54 Å². The Morgan fingerprint density at radius 3 is 2.71 bits per heavy atom. The van der Waals surface area contributed by atoms with Crippen LogP contribution in [0.25, 0.3) is 0 Å². The van der Waals surface area contributed by atoms with Crippen molar-refractivity contribution < 1.29 is 4.79 Å². The van der Waals surface area contributed by atoms with Crippen LogP contribution in [0.2, 0.25) is 0 Å². The summed E-state index contributed by atoms with van der Waals surface area (Å²) in [6.07, 6.45) is 4.04. The molecule has 0 aliphatic carbocycles. The predicted molar refractivity (Wildman–Crippen MR) is 105 cm³/mol. The molecule has 128 valence electrons. The fourth-order valence-corrected chi connectivity index (χ4v) is 3.35. The van der Waals surface area contributed by atoms with Gasteiger partial charge in [-0.05, 0) is 61.1 Å². The third-order valence-electron chi connectivity index (χ3n) is 4.09. The van der Waals surface area contributed by atoms with Crippen LogP contribution in [0.15, 0.2) is 47.4 Å². The second-order valence-electron chi connectivity index (χ2n) is 5.65. The Morgan fingerprint density at radius 1 is 1.25 bits per heavy atom. The first-order valence-electron chi connectivity index (χ1n) is 7.73. The van der Waals surface area contributed by atoms with Crippen molar-refractivity contribution in [2.24, 2.45) is 0 Å². The van der Waals surface area contributed by atoms with Crippen LogP contribution < -0.4 is 16.0 Å². The smallest absolute Gasteiger partial charge is 0.243 e. The predicted octanol–water partition coefficient (Wildman–Crippen LogP) is 3.80. The second kappa shape index (κ2) is 8.31. The SMILES string of the molecule is CSc1ccc(NC(=O)CN2CCCc3c(N)cccc32)cc1.Cl. The van der Waals surface area contributed by atoms with E-state index in [2.05, 4.69) is 10.2 Å². The number of hydrogen-bond donors (Lipinski definition) is 2. The first kappa shape index (κ1) is 18.5. The van der Waals surface area contributed by atoms with E-state index in [4.69, 9.17) is 5.73 Å². The molecule has 3 N–H and O–H groups in total. The molecule has 0 saturated heterocycles. The number of anilines is 3. The Kier molecular flexibility index (Phi) is 6.40. The molecule has 0 unspecified atom stereocenters. The van der Waals surface area contributed by atoms with Crippen LogP contribution in [0.4, 0.5) is 17.1 Å². The first-order chi connectivity index (χ1) is 11.2. The number of nitrogens with zero attached hydrogens (tertiary/aromatic N) is 1. The Labute approximate surface area is 153 Å². The van der Waals surface area contributed by atoms with Crippen LogP contribution in [0.3, 0.4) is 0 Å². The molecular weight excluding hydrogens is 342 g/mol. The monoisotopic (exact) mass is 363 g/mol. The Bertz CT molecular complexity index is 706. The third kappa shape index (κ3) is 4.16. The number of rotatable bonds is 4. The van der Waals surface area contributed by atoms with Crippen LogP contribution >= 0.6 is 24.2 Å². The van der Waals surface area contributed by atoms with Gasteiger partial charge in [0, 0.05) is 28.5 Å². The maximum atomic E-state index is 12.3. The lowest BCUT2D eigenvalue weighted by atomic mass is 10.00. The maximum Gasteiger partial charge on any atom is 0.243 e. The van der Waals surface area contributed by atoms with E-state index in [0.29, 0.717) is 6.54 Å². The molecule has 1 aliphatic heterocycles. The zero-order chi connectivity index (χ0) is 16.2. The van der Waals surface area contributed by atoms with E-state index in [1.807, 2.05) is 48.7 Å². The van der Waals surface area contributed by atoms with Crippen molar-refractivity contribution in [1.29, 1.82) is 0 Å². The highest BCUT2D eigenvalue weighted by Gasteiger charge is 2.20. The molecule has 0 atom stereocenters. The highest BCUT2D eigenvalue weighted by molar-refractivity contribution is 7.98. The molecular formula is C18H22ClN3OS. The van der Waals surface area contributed by atoms with Gasteiger partial charge in [0.1, 0.15) is 0 Å². The zero-order valence-electron chi connectivity index (χ0n) is 13.6. The number of carbonyl (C=O) groups excluding carboxylic acids is 1. The number of benzene rings is 2. The summed E-state index contributed by atoms with van der Waals surface area (Å²) in [4.78, 5) is 15.6. The van der Waals surface area contributed by atoms with Crippen LogP contribution in [0.5, 0.6) is 0 Å². The molecule has 0 aromatic heterocycles. The average molecular weight is 364 g/mol. The van der Waals surface area contributed by atoms with E-state index in [1.54, 1.807) is 11.8 Å². The molecule has 3 rings (SSSR count). The van der Waals surface area contributed by atoms with Gasteiger partial charge in [-0.2, -0.15) is 0 Å². The van der Waals surface area contributed by atoms with Gasteiger partial charge in [0.2, 0.25) is 5.91 Å². The summed E-state index contributed by atoms with van der Waals surface area (Å²) >= 11 is 1.69. The van der Waals surface area contributed by atoms with Gasteiger partial charge < -0.3 is 16.0 Å². The van der Waals surface area contributed by atoms with Crippen molar-refractivity contribution in [2.45, 2.75) is 17.7 Å². The van der Waals surface area contributed by atoms with E-state index in [1.165, 1.54) is 4.90 Å². The lowest BCUT2D eigenvalue weighted by Crippen LogP contribution is -2.37. The quantitative estimate of drug-likeness (QED) is 0.640. The van der Waals surface area contributed by atoms with Crippen molar-refractivity contribution in [3.8, 4) is 0 Å². The minimum absolute atomic E-state index is 0. The Morgan fingerprint density at radius 2 is 2.00 bits per heavy atom. The summed E-state index contributed by atoms with van der Waals surface area (Å²) in [5, 5.41) is 2.96. The number of fused-ring (bicyclic) bond motifs is 1. The summed E-state index contributed by atoms with van der Waals surface area (Å²) in [6, 6.07) is 13.8. The van der Waals surface area contributed by atoms with Crippen molar-refractivity contribution in [3.63, 3.8) is 0 Å². The standard InChI is InChI=1S/C18H21N3OS.ClH/c1-23-14-9-7-13(8-10-14)20-18(22)12-21-11-3-4-15-16(19)5-2-6-17(15)21;/h2,5-10H,3-4,11-12,19H2,1H3,(H,20,22);1H. The Hall–Kier alpha value is -1.85. The van der Waals surface area contributed by atoms with Gasteiger partial charge in [-0.25, -0.2) is 0 Å². The van der Waals surface area contributed by atoms with E-state index in [-0.39, 0.29) is 18.3 Å². The highest BCUT2D eigenvalue weighted by atomic mass is 35.5. The van der Waals surface area contributed by atoms with Gasteiger partial charge in [0.25, 0.3) is 0 Å². The molecule has 2 aromatic rings. The molecule has 0 radical (unpaired) electrons. The summed E-state index contributed by atoms with van der Waals surface area (Å²) in [5.41, 5.74) is 9.96. The van der Waals surface area contributed by atoms with Crippen molar-refractivity contribution >= 4 is 47.1 Å². The average Bonchev–Trinajstić information content (AvgIpc) is 2.56. The summed E-state index contributed by atoms with van der Waals surface area (Å²) in [5.74, 6) is -0.00261. The molecule has 1 heterocycles. The molecule has 0 bridgehead atoms. The van der Waals surface area contributed by atoms with Crippen molar-refractivity contribution in [2.75, 3.05) is 35.3 Å². The summed E-state index contributed by atoms with van der Waals surface area (Å²) in [6.45, 7) is 1.23. The molecule has 0 saturated carbocycles. The molecule has 0 spiro atoms. The van der Waals surface area contributed by atoms with Crippen LogP contribution in [0, 0.1) is 0 Å². The summed E-state index contributed by atoms with van der Waals surface area (Å²) in [7, 11) is 0. The van der Waals surface area contributed by atoms with Gasteiger partial charge >= 0.3 is 0 Å². The van der Waals surface area contributed by atoms with Crippen molar-refractivity contribution in [3.05, 3.63) is 48.0 Å². The number of carbonyl (C=O) groups is 1. The van der Waals surface area contributed by atoms with Crippen LogP contribution in [0.1, 0.15) is 12.0 Å². The maximum absolute atomic E-state index is 12.3. The first-order valence-corrected chi connectivity index (χ1v) is 8.96. The number of nitrogens with two attached hydrogens (primary N) is 1. The van der Waals surface area contributed by atoms with E-state index < -0.39 is 0 Å². The van der Waals surface area contributed by atoms with Crippen molar-refractivity contribution in [1.82, 2.24) is 0 Å². The summed E-state index contributed by atoms with van der Waals surface area (Å²) < 4.78 is 0. The minimum Gasteiger partial charge on any atom is -0.398 e. The third-order valence-corrected chi connectivity index (χ3v) is 4.83. The lowest BCUT2D eigenvalue weighted by molar-refractivity contribution is -0.115. The van der Waals surface area contributed by atoms with Crippen LogP contribution in [-0.4, -0.2) is 25.3 Å². The largest absolute Gasteiger partial charge is 0.398 e. The lowest BCUT2D eigenvalue weighted by Gasteiger charge is -2.31. The Balaban J connectivity index is 0.00000208. The van der Waals surface area contributed by atoms with E-state index in [9.17, 15) is 4.79 Å². The fourth-order valence-electron chi connectivity index (χ4n) is 2.94. The van der Waals surface area contributed by atoms with Gasteiger partial charge in [-0.15, -0.1) is 24.2 Å². The number of nitrogens with one attached hydrogen (secondary N) is 1. The van der Waals surface area contributed by atoms with Crippen LogP contribution in [-0.2, 0) is 11.2 Å². The molecule has 4 nitrogen and oxygen atoms in total. The van der Waals surface area contributed by atoms with Gasteiger partial charge in [-0.3, -0.25) is 4.79 Å². The number of amides is 1. The zero-order valence-corrected chi connectivity index (χ0v) is 15.3. The number of thioether (sulfide) groups is 1. The van der Waals surface area contributed by atoms with E-state index >= 15 is 0 Å². The van der Waals surface area contributed by atoms with E-state index in [0.717, 1.165) is 42.0 Å². The van der Waals surface area contributed by atoms with Gasteiger partial charge in [0.15, 0.2) is 0 Å². The second-order valence-corrected chi connectivity index (χ2v) is 6.53. The normalized spacial score (nSPS) is 13.0. The molecule has 1 amide bonds. The number of hydrogen-bond acceptors (Lipinski definition) is 4. The molecule has 6 heteroatoms. The molecule has 2 aromatic carbocycles. The molecule has 0 fully saturated rings. The topological polar surface area (TPSA) is 58.4 Å². The fraction of sp³-hybridized carbons (Fsp3) is 0.278. The number of nitrogen functional groups attached to an aromatic ring is 1. The number of halogens is 1. The highest BCUT2D eigenvalue weighted by Crippen LogP contribution is 2.31. The minimum atomic E-state index is -0.00261. The van der Waals surface area contributed by atoms with Gasteiger partial charge in [-0.1, -0.05) is 6.07 Å².